The van der Waals surface area contributed by atoms with Crippen molar-refractivity contribution in [1.29, 1.82) is 0 Å². The Balaban J connectivity index is 1.33. The van der Waals surface area contributed by atoms with Crippen LogP contribution in [0.25, 0.3) is 0 Å². The minimum absolute atomic E-state index is 0.531. The lowest BCUT2D eigenvalue weighted by molar-refractivity contribution is 0.402. The van der Waals surface area contributed by atoms with Gasteiger partial charge in [0.15, 0.2) is 5.82 Å². The number of hydrogen-bond donors (Lipinski definition) is 1. The molecule has 3 aromatic rings. The number of nitrogens with zero attached hydrogens (tertiary/aromatic N) is 4. The van der Waals surface area contributed by atoms with Gasteiger partial charge in [-0.25, -0.2) is 0 Å². The van der Waals surface area contributed by atoms with Crippen LogP contribution in [0.3, 0.4) is 0 Å². The third-order valence-corrected chi connectivity index (χ3v) is 5.62. The highest BCUT2D eigenvalue weighted by molar-refractivity contribution is 6.31. The van der Waals surface area contributed by atoms with E-state index in [4.69, 9.17) is 11.6 Å². The summed E-state index contributed by atoms with van der Waals surface area (Å²) in [4.78, 5) is 6.95. The minimum atomic E-state index is 0.531. The standard InChI is InChI=1S/C22H24ClN5/c23-20-9-5-4-8-19(20)15-24-22-26-21(16-25-27-22)28-12-10-18(11-13-28)14-17-6-2-1-3-7-17/h1-9,16,18H,10-15H2,(H,24,26,27). The molecule has 0 amide bonds. The van der Waals surface area contributed by atoms with E-state index >= 15 is 0 Å². The molecular formula is C22H24ClN5. The van der Waals surface area contributed by atoms with Crippen LogP contribution in [0, 0.1) is 5.92 Å². The van der Waals surface area contributed by atoms with Gasteiger partial charge in [-0.05, 0) is 42.4 Å². The molecule has 4 rings (SSSR count). The molecule has 6 heteroatoms. The predicted octanol–water partition coefficient (Wildman–Crippen LogP) is 4.60. The van der Waals surface area contributed by atoms with Crippen LogP contribution in [0.5, 0.6) is 0 Å². The number of nitrogens with one attached hydrogen (secondary N) is 1. The zero-order chi connectivity index (χ0) is 19.2. The Morgan fingerprint density at radius 3 is 2.54 bits per heavy atom. The van der Waals surface area contributed by atoms with Gasteiger partial charge < -0.3 is 10.2 Å². The molecule has 5 nitrogen and oxygen atoms in total. The molecule has 1 aliphatic rings. The lowest BCUT2D eigenvalue weighted by Gasteiger charge is -2.32. The highest BCUT2D eigenvalue weighted by Gasteiger charge is 2.21. The third kappa shape index (κ3) is 4.78. The van der Waals surface area contributed by atoms with Gasteiger partial charge in [0.25, 0.3) is 0 Å². The average molecular weight is 394 g/mol. The molecule has 0 saturated carbocycles. The van der Waals surface area contributed by atoms with Crippen molar-refractivity contribution in [2.24, 2.45) is 5.92 Å². The fourth-order valence-electron chi connectivity index (χ4n) is 3.65. The summed E-state index contributed by atoms with van der Waals surface area (Å²) >= 11 is 6.21. The van der Waals surface area contributed by atoms with E-state index < -0.39 is 0 Å². The second-order valence-corrected chi connectivity index (χ2v) is 7.61. The van der Waals surface area contributed by atoms with Crippen LogP contribution in [-0.2, 0) is 13.0 Å². The summed E-state index contributed by atoms with van der Waals surface area (Å²) in [5.41, 5.74) is 2.44. The molecule has 28 heavy (non-hydrogen) atoms. The Kier molecular flexibility index (Phi) is 6.02. The van der Waals surface area contributed by atoms with E-state index in [1.54, 1.807) is 6.20 Å². The van der Waals surface area contributed by atoms with Crippen molar-refractivity contribution in [3.05, 3.63) is 76.9 Å². The molecule has 0 radical (unpaired) electrons. The van der Waals surface area contributed by atoms with E-state index in [9.17, 15) is 0 Å². The van der Waals surface area contributed by atoms with Crippen molar-refractivity contribution in [1.82, 2.24) is 15.2 Å². The average Bonchev–Trinajstić information content (AvgIpc) is 2.75. The van der Waals surface area contributed by atoms with Crippen molar-refractivity contribution in [3.63, 3.8) is 0 Å². The summed E-state index contributed by atoms with van der Waals surface area (Å²) in [6, 6.07) is 18.5. The lowest BCUT2D eigenvalue weighted by atomic mass is 9.90. The lowest BCUT2D eigenvalue weighted by Crippen LogP contribution is -2.35. The first-order valence-corrected chi connectivity index (χ1v) is 10.1. The molecular weight excluding hydrogens is 370 g/mol. The van der Waals surface area contributed by atoms with Crippen LogP contribution >= 0.6 is 11.6 Å². The molecule has 1 aliphatic heterocycles. The monoisotopic (exact) mass is 393 g/mol. The van der Waals surface area contributed by atoms with Gasteiger partial charge in [0.1, 0.15) is 0 Å². The summed E-state index contributed by atoms with van der Waals surface area (Å²) in [6.45, 7) is 2.57. The second-order valence-electron chi connectivity index (χ2n) is 7.20. The Bertz CT molecular complexity index is 894. The van der Waals surface area contributed by atoms with Gasteiger partial charge in [0.2, 0.25) is 5.95 Å². The topological polar surface area (TPSA) is 53.9 Å². The van der Waals surface area contributed by atoms with E-state index in [1.807, 2.05) is 24.3 Å². The maximum Gasteiger partial charge on any atom is 0.244 e. The van der Waals surface area contributed by atoms with Gasteiger partial charge in [-0.3, -0.25) is 0 Å². The molecule has 0 aliphatic carbocycles. The largest absolute Gasteiger partial charge is 0.355 e. The molecule has 0 bridgehead atoms. The SMILES string of the molecule is Clc1ccccc1CNc1nncc(N2CCC(Cc3ccccc3)CC2)n1. The molecule has 0 spiro atoms. The normalized spacial score (nSPS) is 14.8. The van der Waals surface area contributed by atoms with E-state index in [2.05, 4.69) is 55.7 Å². The van der Waals surface area contributed by atoms with Gasteiger partial charge >= 0.3 is 0 Å². The van der Waals surface area contributed by atoms with Crippen molar-refractivity contribution < 1.29 is 0 Å². The molecule has 144 valence electrons. The number of hydrogen-bond acceptors (Lipinski definition) is 5. The third-order valence-electron chi connectivity index (χ3n) is 5.25. The van der Waals surface area contributed by atoms with E-state index in [0.29, 0.717) is 12.5 Å². The fourth-order valence-corrected chi connectivity index (χ4v) is 3.85. The van der Waals surface area contributed by atoms with Gasteiger partial charge in [-0.1, -0.05) is 60.1 Å². The first kappa shape index (κ1) is 18.7. The summed E-state index contributed by atoms with van der Waals surface area (Å²) in [7, 11) is 0. The van der Waals surface area contributed by atoms with Gasteiger partial charge in [-0.15, -0.1) is 5.10 Å². The van der Waals surface area contributed by atoms with Gasteiger partial charge in [0.05, 0.1) is 6.20 Å². The predicted molar refractivity (Wildman–Crippen MR) is 114 cm³/mol. The molecule has 1 N–H and O–H groups in total. The van der Waals surface area contributed by atoms with Crippen LogP contribution in [-0.4, -0.2) is 28.3 Å². The molecule has 1 aromatic heterocycles. The van der Waals surface area contributed by atoms with Crippen molar-refractivity contribution in [2.75, 3.05) is 23.3 Å². The Morgan fingerprint density at radius 2 is 1.75 bits per heavy atom. The molecule has 0 atom stereocenters. The fraction of sp³-hybridized carbons (Fsp3) is 0.318. The number of piperidine rings is 1. The van der Waals surface area contributed by atoms with Crippen LogP contribution < -0.4 is 10.2 Å². The maximum absolute atomic E-state index is 6.21. The zero-order valence-electron chi connectivity index (χ0n) is 15.8. The van der Waals surface area contributed by atoms with Crippen LogP contribution in [0.2, 0.25) is 5.02 Å². The summed E-state index contributed by atoms with van der Waals surface area (Å²) in [6.07, 6.45) is 5.24. The molecule has 2 heterocycles. The van der Waals surface area contributed by atoms with Gasteiger partial charge in [-0.2, -0.15) is 10.1 Å². The number of aromatic nitrogens is 3. The van der Waals surface area contributed by atoms with Crippen LogP contribution in [0.15, 0.2) is 60.8 Å². The van der Waals surface area contributed by atoms with E-state index in [-0.39, 0.29) is 0 Å². The Labute approximate surface area is 170 Å². The Morgan fingerprint density at radius 1 is 1.00 bits per heavy atom. The summed E-state index contributed by atoms with van der Waals surface area (Å²) in [5, 5.41) is 12.2. The first-order chi connectivity index (χ1) is 13.8. The molecule has 0 unspecified atom stereocenters. The molecule has 2 aromatic carbocycles. The summed E-state index contributed by atoms with van der Waals surface area (Å²) in [5.74, 6) is 2.14. The van der Waals surface area contributed by atoms with Crippen LogP contribution in [0.4, 0.5) is 11.8 Å². The van der Waals surface area contributed by atoms with Crippen LogP contribution in [0.1, 0.15) is 24.0 Å². The summed E-state index contributed by atoms with van der Waals surface area (Å²) < 4.78 is 0. The van der Waals surface area contributed by atoms with Crippen molar-refractivity contribution >= 4 is 23.4 Å². The Hall–Kier alpha value is -2.66. The van der Waals surface area contributed by atoms with Gasteiger partial charge in [0, 0.05) is 24.7 Å². The number of benzene rings is 2. The van der Waals surface area contributed by atoms with Crippen molar-refractivity contribution in [3.8, 4) is 0 Å². The molecule has 1 fully saturated rings. The molecule has 1 saturated heterocycles. The zero-order valence-corrected chi connectivity index (χ0v) is 16.5. The number of anilines is 2. The minimum Gasteiger partial charge on any atom is -0.355 e. The highest BCUT2D eigenvalue weighted by Crippen LogP contribution is 2.25. The highest BCUT2D eigenvalue weighted by atomic mass is 35.5. The quantitative estimate of drug-likeness (QED) is 0.663. The van der Waals surface area contributed by atoms with E-state index in [1.165, 1.54) is 18.4 Å². The smallest absolute Gasteiger partial charge is 0.244 e. The number of rotatable bonds is 6. The number of halogens is 1. The van der Waals surface area contributed by atoms with Crippen molar-refractivity contribution in [2.45, 2.75) is 25.8 Å². The first-order valence-electron chi connectivity index (χ1n) is 9.74. The van der Waals surface area contributed by atoms with E-state index in [0.717, 1.165) is 41.8 Å². The second kappa shape index (κ2) is 9.02. The maximum atomic E-state index is 6.21.